The Bertz CT molecular complexity index is 1730. The number of hydrogen-bond donors (Lipinski definition) is 2. The predicted octanol–water partition coefficient (Wildman–Crippen LogP) is 4.13. The molecule has 2 amide bonds. The summed E-state index contributed by atoms with van der Waals surface area (Å²) in [6.07, 6.45) is 7.21. The van der Waals surface area contributed by atoms with Crippen molar-refractivity contribution in [3.63, 3.8) is 0 Å². The Kier molecular flexibility index (Phi) is 9.38. The van der Waals surface area contributed by atoms with Crippen molar-refractivity contribution in [1.29, 1.82) is 0 Å². The number of hydrogen-bond acceptors (Lipinski definition) is 9. The number of nitrogens with one attached hydrogen (secondary N) is 2. The molecule has 2 unspecified atom stereocenters. The van der Waals surface area contributed by atoms with Crippen molar-refractivity contribution < 1.29 is 27.5 Å². The summed E-state index contributed by atoms with van der Waals surface area (Å²) in [6, 6.07) is 7.16. The average molecular weight is 652 g/mol. The van der Waals surface area contributed by atoms with Gasteiger partial charge in [0.1, 0.15) is 16.6 Å². The molecule has 1 fully saturated rings. The Morgan fingerprint density at radius 3 is 2.46 bits per heavy atom. The van der Waals surface area contributed by atoms with Crippen molar-refractivity contribution in [3.05, 3.63) is 59.9 Å². The molecule has 3 aromatic rings. The minimum absolute atomic E-state index is 0.0273. The molecule has 2 aromatic heterocycles. The second-order valence-electron chi connectivity index (χ2n) is 12.8. The van der Waals surface area contributed by atoms with Crippen LogP contribution < -0.4 is 14.8 Å². The number of sulfonamides is 1. The van der Waals surface area contributed by atoms with Crippen molar-refractivity contribution in [2.24, 2.45) is 13.0 Å². The molecule has 3 heterocycles. The maximum absolute atomic E-state index is 13.7. The van der Waals surface area contributed by atoms with Crippen molar-refractivity contribution in [3.8, 4) is 17.1 Å². The number of carbonyl (C=O) groups excluding carboxylic acids is 2. The van der Waals surface area contributed by atoms with Gasteiger partial charge in [0.25, 0.3) is 10.0 Å². The molecule has 1 aliphatic carbocycles. The van der Waals surface area contributed by atoms with Crippen LogP contribution in [0.25, 0.3) is 11.3 Å². The Labute approximate surface area is 269 Å². The van der Waals surface area contributed by atoms with Gasteiger partial charge in [0, 0.05) is 43.9 Å². The van der Waals surface area contributed by atoms with Crippen molar-refractivity contribution in [2.75, 3.05) is 17.8 Å². The summed E-state index contributed by atoms with van der Waals surface area (Å²) >= 11 is 0. The van der Waals surface area contributed by atoms with Gasteiger partial charge < -0.3 is 19.7 Å². The highest BCUT2D eigenvalue weighted by molar-refractivity contribution is 7.92. The molecular formula is C32H41N7O6S. The highest BCUT2D eigenvalue weighted by atomic mass is 32.2. The quantitative estimate of drug-likeness (QED) is 0.342. The van der Waals surface area contributed by atoms with Gasteiger partial charge in [-0.15, -0.1) is 0 Å². The summed E-state index contributed by atoms with van der Waals surface area (Å²) in [7, 11) is -2.40. The summed E-state index contributed by atoms with van der Waals surface area (Å²) in [5, 5.41) is 6.84. The molecular weight excluding hydrogens is 610 g/mol. The first kappa shape index (κ1) is 32.9. The van der Waals surface area contributed by atoms with E-state index in [2.05, 4.69) is 25.1 Å². The van der Waals surface area contributed by atoms with Crippen LogP contribution in [-0.2, 0) is 26.6 Å². The van der Waals surface area contributed by atoms with Gasteiger partial charge in [0.2, 0.25) is 17.7 Å². The minimum atomic E-state index is -4.02. The number of likely N-dealkylation sites (tertiary alicyclic amines) is 1. The number of aryl methyl sites for hydroxylation is 3. The Hall–Kier alpha value is -4.46. The fourth-order valence-electron chi connectivity index (χ4n) is 5.73. The molecule has 13 nitrogen and oxygen atoms in total. The van der Waals surface area contributed by atoms with E-state index >= 15 is 0 Å². The minimum Gasteiger partial charge on any atom is -0.472 e. The van der Waals surface area contributed by atoms with E-state index in [1.807, 2.05) is 44.2 Å². The van der Waals surface area contributed by atoms with Crippen LogP contribution in [0.1, 0.15) is 51.2 Å². The van der Waals surface area contributed by atoms with Crippen LogP contribution in [0.4, 0.5) is 10.7 Å². The van der Waals surface area contributed by atoms with E-state index < -0.39 is 27.6 Å². The Morgan fingerprint density at radius 2 is 1.78 bits per heavy atom. The van der Waals surface area contributed by atoms with Crippen LogP contribution in [0.2, 0.25) is 0 Å². The lowest BCUT2D eigenvalue weighted by molar-refractivity contribution is -0.135. The van der Waals surface area contributed by atoms with Crippen LogP contribution in [0, 0.1) is 19.8 Å². The van der Waals surface area contributed by atoms with Gasteiger partial charge in [0.15, 0.2) is 0 Å². The number of nitrogens with zero attached hydrogens (tertiary/aromatic N) is 5. The molecule has 2 N–H and O–H groups in total. The topological polar surface area (TPSA) is 158 Å². The summed E-state index contributed by atoms with van der Waals surface area (Å²) in [5.41, 5.74) is 2.61. The number of rotatable bonds is 8. The largest absolute Gasteiger partial charge is 0.472 e. The van der Waals surface area contributed by atoms with Crippen LogP contribution in [0.5, 0.6) is 5.88 Å². The molecule has 0 saturated carbocycles. The first-order chi connectivity index (χ1) is 21.7. The standard InChI is InChI=1S/C32H41N7O6S/c1-20-10-9-11-21(2)28(20)26-16-27(36-30(34-26)37-46(42,43)23-17-33-38(6)19-23)44-22-14-15-39(18-22)29(40)24-12-7-8-13-25(24)35-31(41)45-32(3,4)5/h7-11,16-17,19,22,24-25H,12-15,18H2,1-6H3,(H,35,41)(H,34,36,37)/t22?,24-,25?/m1/s1. The highest BCUT2D eigenvalue weighted by Gasteiger charge is 2.37. The maximum Gasteiger partial charge on any atom is 0.407 e. The van der Waals surface area contributed by atoms with Gasteiger partial charge in [-0.25, -0.2) is 22.9 Å². The van der Waals surface area contributed by atoms with Gasteiger partial charge in [-0.1, -0.05) is 30.4 Å². The first-order valence-electron chi connectivity index (χ1n) is 15.3. The van der Waals surface area contributed by atoms with E-state index in [0.717, 1.165) is 16.7 Å². The van der Waals surface area contributed by atoms with E-state index in [1.165, 1.54) is 17.1 Å². The van der Waals surface area contributed by atoms with E-state index in [4.69, 9.17) is 9.47 Å². The number of ether oxygens (including phenoxy) is 2. The lowest BCUT2D eigenvalue weighted by atomic mass is 9.88. The van der Waals surface area contributed by atoms with E-state index in [0.29, 0.717) is 38.0 Å². The summed E-state index contributed by atoms with van der Waals surface area (Å²) in [4.78, 5) is 36.8. The zero-order valence-electron chi connectivity index (χ0n) is 27.0. The van der Waals surface area contributed by atoms with Gasteiger partial charge in [-0.3, -0.25) is 9.48 Å². The molecule has 1 saturated heterocycles. The monoisotopic (exact) mass is 651 g/mol. The molecule has 14 heteroatoms. The van der Waals surface area contributed by atoms with Crippen LogP contribution in [-0.4, -0.2) is 75.9 Å². The predicted molar refractivity (Wildman–Crippen MR) is 172 cm³/mol. The molecule has 246 valence electrons. The van der Waals surface area contributed by atoms with Gasteiger partial charge in [-0.05, 0) is 58.6 Å². The third-order valence-electron chi connectivity index (χ3n) is 7.85. The van der Waals surface area contributed by atoms with Gasteiger partial charge in [0.05, 0.1) is 24.4 Å². The number of amides is 2. The lowest BCUT2D eigenvalue weighted by Gasteiger charge is -2.32. The smallest absolute Gasteiger partial charge is 0.407 e. The van der Waals surface area contributed by atoms with Crippen LogP contribution in [0.15, 0.2) is 53.7 Å². The molecule has 3 atom stereocenters. The highest BCUT2D eigenvalue weighted by Crippen LogP contribution is 2.31. The van der Waals surface area contributed by atoms with Crippen molar-refractivity contribution in [1.82, 2.24) is 30.0 Å². The first-order valence-corrected chi connectivity index (χ1v) is 16.7. The zero-order chi connectivity index (χ0) is 33.2. The number of carbonyl (C=O) groups is 2. The summed E-state index contributed by atoms with van der Waals surface area (Å²) in [6.45, 7) is 10.1. The molecule has 46 heavy (non-hydrogen) atoms. The molecule has 0 spiro atoms. The zero-order valence-corrected chi connectivity index (χ0v) is 27.8. The third kappa shape index (κ3) is 7.84. The van der Waals surface area contributed by atoms with Crippen molar-refractivity contribution >= 4 is 28.0 Å². The van der Waals surface area contributed by atoms with Gasteiger partial charge >= 0.3 is 6.09 Å². The normalized spacial score (nSPS) is 20.0. The SMILES string of the molecule is Cc1cccc(C)c1-c1cc(OC2CCN(C(=O)[C@@H]3CC=CCC3NC(=O)OC(C)(C)C)C2)nc(NS(=O)(=O)c2cnn(C)c2)n1. The fourth-order valence-corrected chi connectivity index (χ4v) is 6.66. The Morgan fingerprint density at radius 1 is 1.07 bits per heavy atom. The second-order valence-corrected chi connectivity index (χ2v) is 14.4. The number of anilines is 1. The fraction of sp³-hybridized carbons (Fsp3) is 0.469. The molecule has 5 rings (SSSR count). The molecule has 0 radical (unpaired) electrons. The Balaban J connectivity index is 1.34. The molecule has 0 bridgehead atoms. The average Bonchev–Trinajstić information content (AvgIpc) is 3.61. The van der Waals surface area contributed by atoms with E-state index in [9.17, 15) is 18.0 Å². The molecule has 1 aliphatic heterocycles. The summed E-state index contributed by atoms with van der Waals surface area (Å²) < 4.78 is 41.8. The number of allylic oxidation sites excluding steroid dienone is 1. The number of aromatic nitrogens is 4. The van der Waals surface area contributed by atoms with Crippen LogP contribution in [0.3, 0.4) is 0 Å². The van der Waals surface area contributed by atoms with E-state index in [-0.39, 0.29) is 34.8 Å². The van der Waals surface area contributed by atoms with Crippen molar-refractivity contribution in [2.45, 2.75) is 76.5 Å². The maximum atomic E-state index is 13.7. The summed E-state index contributed by atoms with van der Waals surface area (Å²) in [5.74, 6) is -0.462. The molecule has 1 aromatic carbocycles. The number of alkyl carbamates (subject to hydrolysis) is 1. The lowest BCUT2D eigenvalue weighted by Crippen LogP contribution is -2.49. The third-order valence-corrected chi connectivity index (χ3v) is 9.14. The second kappa shape index (κ2) is 13.1. The molecule has 2 aliphatic rings. The van der Waals surface area contributed by atoms with Crippen LogP contribution >= 0.6 is 0 Å². The van der Waals surface area contributed by atoms with E-state index in [1.54, 1.807) is 38.8 Å². The van der Waals surface area contributed by atoms with Gasteiger partial charge in [-0.2, -0.15) is 10.1 Å². The number of benzene rings is 1.